The van der Waals surface area contributed by atoms with Gasteiger partial charge in [-0.1, -0.05) is 0 Å². The molecule has 0 radical (unpaired) electrons. The number of rotatable bonds is 2. The minimum atomic E-state index is 0.320. The van der Waals surface area contributed by atoms with E-state index in [9.17, 15) is 0 Å². The van der Waals surface area contributed by atoms with Gasteiger partial charge in [0.1, 0.15) is 5.82 Å². The van der Waals surface area contributed by atoms with E-state index in [4.69, 9.17) is 5.11 Å². The first kappa shape index (κ1) is 11.9. The van der Waals surface area contributed by atoms with Crippen molar-refractivity contribution in [3.05, 3.63) is 22.3 Å². The summed E-state index contributed by atoms with van der Waals surface area (Å²) < 4.78 is 1.03. The van der Waals surface area contributed by atoms with Gasteiger partial charge in [-0.05, 0) is 53.2 Å². The molecule has 1 saturated heterocycles. The summed E-state index contributed by atoms with van der Waals surface area (Å²) >= 11 is 3.43. The minimum Gasteiger partial charge on any atom is -0.396 e. The predicted octanol–water partition coefficient (Wildman–Crippen LogP) is 2.36. The van der Waals surface area contributed by atoms with E-state index in [0.29, 0.717) is 12.5 Å². The van der Waals surface area contributed by atoms with Gasteiger partial charge in [0.25, 0.3) is 0 Å². The summed E-state index contributed by atoms with van der Waals surface area (Å²) in [6.07, 6.45) is 3.97. The largest absolute Gasteiger partial charge is 0.396 e. The molecular weight excluding hydrogens is 268 g/mol. The van der Waals surface area contributed by atoms with Crippen LogP contribution in [-0.4, -0.2) is 29.8 Å². The molecule has 1 N–H and O–H groups in total. The minimum absolute atomic E-state index is 0.320. The molecule has 4 heteroatoms. The van der Waals surface area contributed by atoms with Gasteiger partial charge in [0.2, 0.25) is 0 Å². The molecule has 0 spiro atoms. The Hall–Kier alpha value is -0.610. The highest BCUT2D eigenvalue weighted by Crippen LogP contribution is 2.25. The quantitative estimate of drug-likeness (QED) is 0.906. The topological polar surface area (TPSA) is 36.4 Å². The molecule has 1 aromatic rings. The normalized spacial score (nSPS) is 17.8. The smallest absolute Gasteiger partial charge is 0.131 e. The van der Waals surface area contributed by atoms with Crippen molar-refractivity contribution in [1.29, 1.82) is 0 Å². The first-order valence-electron chi connectivity index (χ1n) is 5.68. The molecule has 1 aliphatic heterocycles. The molecule has 0 aliphatic carbocycles. The highest BCUT2D eigenvalue weighted by molar-refractivity contribution is 9.10. The Balaban J connectivity index is 2.08. The van der Waals surface area contributed by atoms with Crippen LogP contribution >= 0.6 is 15.9 Å². The van der Waals surface area contributed by atoms with E-state index in [2.05, 4.69) is 38.8 Å². The molecule has 1 aromatic heterocycles. The fraction of sp³-hybridized carbons (Fsp3) is 0.583. The second-order valence-electron chi connectivity index (χ2n) is 4.41. The lowest BCUT2D eigenvalue weighted by Crippen LogP contribution is -2.35. The van der Waals surface area contributed by atoms with Crippen LogP contribution in [0.5, 0.6) is 0 Å². The van der Waals surface area contributed by atoms with Gasteiger partial charge >= 0.3 is 0 Å². The van der Waals surface area contributed by atoms with Crippen LogP contribution in [0.15, 0.2) is 16.7 Å². The third kappa shape index (κ3) is 2.55. The average Bonchev–Trinajstić information content (AvgIpc) is 2.29. The summed E-state index contributed by atoms with van der Waals surface area (Å²) in [4.78, 5) is 6.78. The molecule has 3 nitrogen and oxygen atoms in total. The van der Waals surface area contributed by atoms with Crippen LogP contribution in [0.2, 0.25) is 0 Å². The molecule has 0 saturated carbocycles. The maximum absolute atomic E-state index is 9.10. The van der Waals surface area contributed by atoms with Crippen molar-refractivity contribution in [1.82, 2.24) is 4.98 Å². The van der Waals surface area contributed by atoms with Crippen molar-refractivity contribution in [2.45, 2.75) is 19.8 Å². The fourth-order valence-electron chi connectivity index (χ4n) is 2.19. The number of hydrogen-bond donors (Lipinski definition) is 1. The molecule has 16 heavy (non-hydrogen) atoms. The van der Waals surface area contributed by atoms with E-state index in [-0.39, 0.29) is 0 Å². The highest BCUT2D eigenvalue weighted by Gasteiger charge is 2.20. The van der Waals surface area contributed by atoms with Gasteiger partial charge in [0.15, 0.2) is 0 Å². The molecule has 88 valence electrons. The predicted molar refractivity (Wildman–Crippen MR) is 68.7 cm³/mol. The Bertz CT molecular complexity index is 362. The fourth-order valence-corrected chi connectivity index (χ4v) is 2.64. The Morgan fingerprint density at radius 2 is 2.19 bits per heavy atom. The van der Waals surface area contributed by atoms with Crippen LogP contribution in [0.25, 0.3) is 0 Å². The van der Waals surface area contributed by atoms with Gasteiger partial charge in [0, 0.05) is 30.4 Å². The van der Waals surface area contributed by atoms with E-state index in [1.165, 1.54) is 5.56 Å². The van der Waals surface area contributed by atoms with Gasteiger partial charge in [0.05, 0.1) is 0 Å². The highest BCUT2D eigenvalue weighted by atomic mass is 79.9. The second kappa shape index (κ2) is 5.15. The number of hydrogen-bond acceptors (Lipinski definition) is 3. The van der Waals surface area contributed by atoms with Crippen molar-refractivity contribution in [3.63, 3.8) is 0 Å². The van der Waals surface area contributed by atoms with Crippen molar-refractivity contribution >= 4 is 21.7 Å². The van der Waals surface area contributed by atoms with Crippen molar-refractivity contribution in [2.75, 3.05) is 24.6 Å². The number of pyridine rings is 1. The molecule has 0 aromatic carbocycles. The average molecular weight is 285 g/mol. The monoisotopic (exact) mass is 284 g/mol. The van der Waals surface area contributed by atoms with E-state index in [0.717, 1.165) is 36.2 Å². The van der Waals surface area contributed by atoms with Crippen molar-refractivity contribution in [3.8, 4) is 0 Å². The van der Waals surface area contributed by atoms with Crippen LogP contribution in [0.1, 0.15) is 18.4 Å². The van der Waals surface area contributed by atoms with Crippen LogP contribution in [0.4, 0.5) is 5.82 Å². The van der Waals surface area contributed by atoms with E-state index in [1.807, 2.05) is 6.20 Å². The van der Waals surface area contributed by atoms with E-state index < -0.39 is 0 Å². The number of nitrogens with zero attached hydrogens (tertiary/aromatic N) is 2. The summed E-state index contributed by atoms with van der Waals surface area (Å²) in [6, 6.07) is 2.10. The third-order valence-corrected chi connectivity index (χ3v) is 3.62. The number of aromatic nitrogens is 1. The van der Waals surface area contributed by atoms with Gasteiger partial charge in [-0.3, -0.25) is 0 Å². The summed E-state index contributed by atoms with van der Waals surface area (Å²) in [5.74, 6) is 1.56. The molecular formula is C12H17BrN2O. The molecule has 2 heterocycles. The zero-order valence-corrected chi connectivity index (χ0v) is 11.1. The zero-order valence-electron chi connectivity index (χ0n) is 9.49. The summed E-state index contributed by atoms with van der Waals surface area (Å²) in [5, 5.41) is 9.10. The van der Waals surface area contributed by atoms with Crippen LogP contribution in [0.3, 0.4) is 0 Å². The van der Waals surface area contributed by atoms with Gasteiger partial charge in [-0.25, -0.2) is 4.98 Å². The van der Waals surface area contributed by atoms with Gasteiger partial charge in [-0.15, -0.1) is 0 Å². The van der Waals surface area contributed by atoms with Crippen molar-refractivity contribution < 1.29 is 5.11 Å². The maximum Gasteiger partial charge on any atom is 0.131 e. The van der Waals surface area contributed by atoms with Gasteiger partial charge in [-0.2, -0.15) is 0 Å². The summed E-state index contributed by atoms with van der Waals surface area (Å²) in [5.41, 5.74) is 1.21. The SMILES string of the molecule is Cc1cc(Br)cnc1N1CCC(CO)CC1. The molecule has 1 fully saturated rings. The molecule has 1 aliphatic rings. The molecule has 0 amide bonds. The number of piperidine rings is 1. The Morgan fingerprint density at radius 3 is 2.75 bits per heavy atom. The Kier molecular flexibility index (Phi) is 3.82. The first-order valence-corrected chi connectivity index (χ1v) is 6.48. The number of aliphatic hydroxyl groups excluding tert-OH is 1. The standard InChI is InChI=1S/C12H17BrN2O/c1-9-6-11(13)7-14-12(9)15-4-2-10(8-16)3-5-15/h6-7,10,16H,2-5,8H2,1H3. The van der Waals surface area contributed by atoms with E-state index in [1.54, 1.807) is 0 Å². The zero-order chi connectivity index (χ0) is 11.5. The van der Waals surface area contributed by atoms with Crippen LogP contribution in [0, 0.1) is 12.8 Å². The maximum atomic E-state index is 9.10. The molecule has 0 atom stereocenters. The lowest BCUT2D eigenvalue weighted by molar-refractivity contribution is 0.202. The Labute approximate surface area is 105 Å². The number of aryl methyl sites for hydroxylation is 1. The summed E-state index contributed by atoms with van der Waals surface area (Å²) in [6.45, 7) is 4.41. The lowest BCUT2D eigenvalue weighted by atomic mass is 9.98. The first-order chi connectivity index (χ1) is 7.70. The molecule has 2 rings (SSSR count). The second-order valence-corrected chi connectivity index (χ2v) is 5.32. The number of aliphatic hydroxyl groups is 1. The number of halogens is 1. The molecule has 0 bridgehead atoms. The van der Waals surface area contributed by atoms with Crippen LogP contribution in [-0.2, 0) is 0 Å². The molecule has 0 unspecified atom stereocenters. The third-order valence-electron chi connectivity index (χ3n) is 3.19. The van der Waals surface area contributed by atoms with E-state index >= 15 is 0 Å². The van der Waals surface area contributed by atoms with Gasteiger partial charge < -0.3 is 10.0 Å². The number of anilines is 1. The Morgan fingerprint density at radius 1 is 1.50 bits per heavy atom. The van der Waals surface area contributed by atoms with Crippen LogP contribution < -0.4 is 4.90 Å². The lowest BCUT2D eigenvalue weighted by Gasteiger charge is -2.32. The van der Waals surface area contributed by atoms with Crippen molar-refractivity contribution in [2.24, 2.45) is 5.92 Å². The summed E-state index contributed by atoms with van der Waals surface area (Å²) in [7, 11) is 0.